The van der Waals surface area contributed by atoms with Crippen molar-refractivity contribution in [2.45, 2.75) is 51.0 Å². The van der Waals surface area contributed by atoms with Gasteiger partial charge in [-0.15, -0.1) is 0 Å². The minimum atomic E-state index is -3.51. The van der Waals surface area contributed by atoms with E-state index in [4.69, 9.17) is 0 Å². The molecule has 21 heavy (non-hydrogen) atoms. The molecule has 4 nitrogen and oxygen atoms in total. The minimum Gasteiger partial charge on any atom is -0.295 e. The van der Waals surface area contributed by atoms with E-state index in [2.05, 4.69) is 18.6 Å². The minimum absolute atomic E-state index is 0.00114. The molecule has 2 rings (SSSR count). The van der Waals surface area contributed by atoms with Crippen LogP contribution in [0.3, 0.4) is 0 Å². The Kier molecular flexibility index (Phi) is 4.84. The van der Waals surface area contributed by atoms with Gasteiger partial charge in [0, 0.05) is 11.6 Å². The maximum Gasteiger partial charge on any atom is 0.240 e. The van der Waals surface area contributed by atoms with Crippen LogP contribution in [0.15, 0.2) is 29.2 Å². The van der Waals surface area contributed by atoms with Crippen molar-refractivity contribution in [2.24, 2.45) is 11.8 Å². The Morgan fingerprint density at radius 2 is 1.57 bits per heavy atom. The second-order valence-electron chi connectivity index (χ2n) is 6.32. The lowest BCUT2D eigenvalue weighted by molar-refractivity contribution is 0.101. The molecule has 0 heterocycles. The molecule has 1 aliphatic rings. The summed E-state index contributed by atoms with van der Waals surface area (Å²) in [5.41, 5.74) is 0.522. The number of hydrogen-bond donors (Lipinski definition) is 1. The third kappa shape index (κ3) is 4.14. The number of nitrogens with one attached hydrogen (secondary N) is 1. The first-order chi connectivity index (χ1) is 9.78. The summed E-state index contributed by atoms with van der Waals surface area (Å²) in [6.45, 7) is 5.80. The number of benzene rings is 1. The van der Waals surface area contributed by atoms with Crippen molar-refractivity contribution in [3.63, 3.8) is 0 Å². The zero-order valence-corrected chi connectivity index (χ0v) is 13.6. The zero-order valence-electron chi connectivity index (χ0n) is 12.8. The van der Waals surface area contributed by atoms with Gasteiger partial charge >= 0.3 is 0 Å². The summed E-state index contributed by atoms with van der Waals surface area (Å²) in [5, 5.41) is 0. The van der Waals surface area contributed by atoms with Crippen molar-refractivity contribution >= 4 is 15.8 Å². The zero-order chi connectivity index (χ0) is 15.6. The van der Waals surface area contributed by atoms with Crippen molar-refractivity contribution in [3.05, 3.63) is 29.8 Å². The molecule has 116 valence electrons. The van der Waals surface area contributed by atoms with Crippen molar-refractivity contribution in [1.82, 2.24) is 4.72 Å². The molecule has 2 unspecified atom stereocenters. The van der Waals surface area contributed by atoms with Crippen LogP contribution in [-0.4, -0.2) is 20.2 Å². The lowest BCUT2D eigenvalue weighted by Gasteiger charge is -2.31. The van der Waals surface area contributed by atoms with E-state index in [-0.39, 0.29) is 16.7 Å². The van der Waals surface area contributed by atoms with Gasteiger partial charge in [0.05, 0.1) is 4.90 Å². The summed E-state index contributed by atoms with van der Waals surface area (Å²) < 4.78 is 27.6. The molecule has 0 amide bonds. The van der Waals surface area contributed by atoms with Crippen LogP contribution >= 0.6 is 0 Å². The molecule has 2 atom stereocenters. The molecule has 0 bridgehead atoms. The van der Waals surface area contributed by atoms with Crippen LogP contribution < -0.4 is 4.72 Å². The standard InChI is InChI=1S/C16H23NO3S/c1-11-8-12(2)10-15(9-11)17-21(19,20)16-6-4-14(5-7-16)13(3)18/h4-7,11-12,15,17H,8-10H2,1-3H3. The predicted molar refractivity (Wildman–Crippen MR) is 82.7 cm³/mol. The molecule has 0 spiro atoms. The molecule has 1 aliphatic carbocycles. The average molecular weight is 309 g/mol. The third-order valence-corrected chi connectivity index (χ3v) is 5.61. The van der Waals surface area contributed by atoms with Crippen LogP contribution in [0.2, 0.25) is 0 Å². The van der Waals surface area contributed by atoms with E-state index in [1.54, 1.807) is 12.1 Å². The largest absolute Gasteiger partial charge is 0.295 e. The summed E-state index contributed by atoms with van der Waals surface area (Å²) in [4.78, 5) is 11.5. The summed E-state index contributed by atoms with van der Waals surface area (Å²) in [6.07, 6.45) is 2.93. The first-order valence-corrected chi connectivity index (χ1v) is 8.89. The van der Waals surface area contributed by atoms with E-state index in [1.807, 2.05) is 0 Å². The molecule has 0 aliphatic heterocycles. The highest BCUT2D eigenvalue weighted by Gasteiger charge is 2.27. The number of hydrogen-bond acceptors (Lipinski definition) is 3. The Bertz CT molecular complexity index is 597. The summed E-state index contributed by atoms with van der Waals surface area (Å²) >= 11 is 0. The van der Waals surface area contributed by atoms with E-state index in [0.29, 0.717) is 17.4 Å². The highest BCUT2D eigenvalue weighted by atomic mass is 32.2. The maximum absolute atomic E-state index is 12.4. The summed E-state index contributed by atoms with van der Waals surface area (Å²) in [5.74, 6) is 1.02. The van der Waals surface area contributed by atoms with Crippen molar-refractivity contribution in [2.75, 3.05) is 0 Å². The van der Waals surface area contributed by atoms with E-state index in [0.717, 1.165) is 19.3 Å². The monoisotopic (exact) mass is 309 g/mol. The number of carbonyl (C=O) groups excluding carboxylic acids is 1. The summed E-state index contributed by atoms with van der Waals surface area (Å²) in [7, 11) is -3.51. The van der Waals surface area contributed by atoms with Gasteiger partial charge in [0.15, 0.2) is 5.78 Å². The van der Waals surface area contributed by atoms with E-state index >= 15 is 0 Å². The van der Waals surface area contributed by atoms with Gasteiger partial charge in [0.1, 0.15) is 0 Å². The maximum atomic E-state index is 12.4. The molecule has 1 aromatic rings. The Labute approximate surface area is 127 Å². The fourth-order valence-corrected chi connectivity index (χ4v) is 4.46. The van der Waals surface area contributed by atoms with Gasteiger partial charge in [-0.25, -0.2) is 13.1 Å². The smallest absolute Gasteiger partial charge is 0.240 e. The molecule has 1 aromatic carbocycles. The van der Waals surface area contributed by atoms with E-state index < -0.39 is 10.0 Å². The second kappa shape index (κ2) is 6.28. The van der Waals surface area contributed by atoms with Gasteiger partial charge in [-0.05, 0) is 50.2 Å². The number of sulfonamides is 1. The molecular weight excluding hydrogens is 286 g/mol. The lowest BCUT2D eigenvalue weighted by atomic mass is 9.81. The van der Waals surface area contributed by atoms with Gasteiger partial charge in [0.2, 0.25) is 10.0 Å². The Morgan fingerprint density at radius 1 is 1.05 bits per heavy atom. The SMILES string of the molecule is CC(=O)c1ccc(S(=O)(=O)NC2CC(C)CC(C)C2)cc1. The fraction of sp³-hybridized carbons (Fsp3) is 0.562. The highest BCUT2D eigenvalue weighted by Crippen LogP contribution is 2.29. The van der Waals surface area contributed by atoms with Gasteiger partial charge in [-0.2, -0.15) is 0 Å². The van der Waals surface area contributed by atoms with Gasteiger partial charge in [-0.1, -0.05) is 26.0 Å². The lowest BCUT2D eigenvalue weighted by Crippen LogP contribution is -2.39. The number of ketones is 1. The van der Waals surface area contributed by atoms with Crippen LogP contribution in [0.25, 0.3) is 0 Å². The molecule has 1 fully saturated rings. The number of carbonyl (C=O) groups is 1. The second-order valence-corrected chi connectivity index (χ2v) is 8.03. The Morgan fingerprint density at radius 3 is 2.05 bits per heavy atom. The van der Waals surface area contributed by atoms with E-state index in [9.17, 15) is 13.2 Å². The number of rotatable bonds is 4. The van der Waals surface area contributed by atoms with Gasteiger partial charge in [0.25, 0.3) is 0 Å². The van der Waals surface area contributed by atoms with Crippen LogP contribution in [0.4, 0.5) is 0 Å². The van der Waals surface area contributed by atoms with Gasteiger partial charge < -0.3 is 0 Å². The Balaban J connectivity index is 2.12. The first-order valence-electron chi connectivity index (χ1n) is 7.41. The van der Waals surface area contributed by atoms with Crippen molar-refractivity contribution < 1.29 is 13.2 Å². The topological polar surface area (TPSA) is 63.2 Å². The quantitative estimate of drug-likeness (QED) is 0.870. The van der Waals surface area contributed by atoms with Crippen LogP contribution in [0.5, 0.6) is 0 Å². The van der Waals surface area contributed by atoms with Crippen molar-refractivity contribution in [1.29, 1.82) is 0 Å². The molecule has 0 aromatic heterocycles. The van der Waals surface area contributed by atoms with E-state index in [1.165, 1.54) is 19.1 Å². The predicted octanol–water partition coefficient (Wildman–Crippen LogP) is 2.99. The average Bonchev–Trinajstić information content (AvgIpc) is 2.37. The molecule has 0 saturated heterocycles. The molecular formula is C16H23NO3S. The normalized spacial score (nSPS) is 26.5. The van der Waals surface area contributed by atoms with Crippen LogP contribution in [-0.2, 0) is 10.0 Å². The summed E-state index contributed by atoms with van der Waals surface area (Å²) in [6, 6.07) is 6.11. The molecule has 5 heteroatoms. The number of Topliss-reactive ketones (excluding diaryl/α,β-unsaturated/α-hetero) is 1. The fourth-order valence-electron chi connectivity index (χ4n) is 3.20. The highest BCUT2D eigenvalue weighted by molar-refractivity contribution is 7.89. The molecule has 1 N–H and O–H groups in total. The Hall–Kier alpha value is -1.20. The van der Waals surface area contributed by atoms with Crippen molar-refractivity contribution in [3.8, 4) is 0 Å². The van der Waals surface area contributed by atoms with Gasteiger partial charge in [-0.3, -0.25) is 4.79 Å². The van der Waals surface area contributed by atoms with Crippen LogP contribution in [0, 0.1) is 11.8 Å². The third-order valence-electron chi connectivity index (χ3n) is 4.07. The molecule has 1 saturated carbocycles. The first kappa shape index (κ1) is 16.2. The molecule has 0 radical (unpaired) electrons. The van der Waals surface area contributed by atoms with Crippen LogP contribution in [0.1, 0.15) is 50.4 Å².